The predicted molar refractivity (Wildman–Crippen MR) is 128 cm³/mol. The third-order valence-corrected chi connectivity index (χ3v) is 6.68. The van der Waals surface area contributed by atoms with Crippen LogP contribution >= 0.6 is 47.2 Å². The van der Waals surface area contributed by atoms with E-state index in [0.29, 0.717) is 25.1 Å². The Morgan fingerprint density at radius 1 is 1.27 bits per heavy atom. The van der Waals surface area contributed by atoms with Crippen LogP contribution in [0.1, 0.15) is 25.0 Å². The number of benzene rings is 2. The molecule has 0 bridgehead atoms. The predicted octanol–water partition coefficient (Wildman–Crippen LogP) is 6.00. The Balaban J connectivity index is 1.81. The number of hydrogen-bond donors (Lipinski definition) is 2. The minimum absolute atomic E-state index is 0.293. The summed E-state index contributed by atoms with van der Waals surface area (Å²) < 4.78 is -0.152. The number of thioether (sulfide) groups is 1. The minimum atomic E-state index is -0.820. The molecule has 6 nitrogen and oxygen atoms in total. The van der Waals surface area contributed by atoms with Crippen molar-refractivity contribution < 1.29 is 10.0 Å². The highest BCUT2D eigenvalue weighted by atomic mass is 35.5. The van der Waals surface area contributed by atoms with Gasteiger partial charge in [0.2, 0.25) is 0 Å². The van der Waals surface area contributed by atoms with Gasteiger partial charge >= 0.3 is 6.03 Å². The number of aryl methyl sites for hydroxylation is 1. The monoisotopic (exact) mass is 482 g/mol. The summed E-state index contributed by atoms with van der Waals surface area (Å²) in [5.74, 6) is 0. The van der Waals surface area contributed by atoms with Crippen molar-refractivity contribution in [2.45, 2.75) is 31.7 Å². The molecule has 1 fully saturated rings. The lowest BCUT2D eigenvalue weighted by atomic mass is 10.1. The number of hydrazone groups is 1. The van der Waals surface area contributed by atoms with E-state index in [2.05, 4.69) is 10.4 Å². The van der Waals surface area contributed by atoms with Gasteiger partial charge in [-0.3, -0.25) is 5.21 Å². The molecule has 0 aromatic heterocycles. The normalized spacial score (nSPS) is 18.1. The zero-order valence-corrected chi connectivity index (χ0v) is 19.6. The van der Waals surface area contributed by atoms with Gasteiger partial charge < -0.3 is 5.32 Å². The minimum Gasteiger partial charge on any atom is -0.306 e. The number of nitrogens with one attached hydrogen (secondary N) is 1. The van der Waals surface area contributed by atoms with Gasteiger partial charge in [0.1, 0.15) is 0 Å². The Morgan fingerprint density at radius 2 is 1.93 bits per heavy atom. The maximum absolute atomic E-state index is 12.7. The van der Waals surface area contributed by atoms with Crippen LogP contribution in [0.15, 0.2) is 47.6 Å². The zero-order valence-electron chi connectivity index (χ0n) is 16.5. The summed E-state index contributed by atoms with van der Waals surface area (Å²) in [6.45, 7) is 5.76. The molecule has 1 atom stereocenters. The van der Waals surface area contributed by atoms with Crippen molar-refractivity contribution in [2.75, 3.05) is 5.32 Å². The average Bonchev–Trinajstić information content (AvgIpc) is 2.91. The molecule has 2 aromatic rings. The van der Waals surface area contributed by atoms with E-state index in [4.69, 9.17) is 35.4 Å². The van der Waals surface area contributed by atoms with Gasteiger partial charge in [0.15, 0.2) is 10.5 Å². The quantitative estimate of drug-likeness (QED) is 0.242. The molecule has 158 valence electrons. The number of carbonyl (C=O) groups excluding carboxylic acids is 1. The Morgan fingerprint density at radius 3 is 2.57 bits per heavy atom. The van der Waals surface area contributed by atoms with E-state index in [0.717, 1.165) is 11.1 Å². The van der Waals surface area contributed by atoms with Crippen molar-refractivity contribution in [3.63, 3.8) is 0 Å². The first kappa shape index (κ1) is 22.8. The molecule has 0 spiro atoms. The van der Waals surface area contributed by atoms with Crippen LogP contribution in [0, 0.1) is 6.92 Å². The second-order valence-electron chi connectivity index (χ2n) is 7.25. The van der Waals surface area contributed by atoms with Crippen molar-refractivity contribution in [3.05, 3.63) is 63.6 Å². The molecule has 2 amide bonds. The summed E-state index contributed by atoms with van der Waals surface area (Å²) in [4.78, 5) is 12.7. The van der Waals surface area contributed by atoms with E-state index < -0.39 is 16.9 Å². The maximum atomic E-state index is 12.7. The number of amides is 2. The molecule has 2 aromatic carbocycles. The number of urea groups is 1. The van der Waals surface area contributed by atoms with Gasteiger partial charge in [0.25, 0.3) is 0 Å². The molecule has 0 aliphatic carbocycles. The number of anilines is 1. The molecule has 0 saturated carbocycles. The first-order valence-electron chi connectivity index (χ1n) is 8.95. The van der Waals surface area contributed by atoms with E-state index in [9.17, 15) is 10.0 Å². The summed E-state index contributed by atoms with van der Waals surface area (Å²) in [5.41, 5.74) is 2.41. The lowest BCUT2D eigenvalue weighted by Gasteiger charge is -2.34. The van der Waals surface area contributed by atoms with Gasteiger partial charge in [0, 0.05) is 5.69 Å². The summed E-state index contributed by atoms with van der Waals surface area (Å²) in [6, 6.07) is 11.7. The van der Waals surface area contributed by atoms with E-state index in [1.165, 1.54) is 22.8 Å². The Labute approximate surface area is 194 Å². The SMILES string of the molecule is Cc1ccc(/C=N\N2C(=S)SC(C)(C)[C@@H]2N(O)C(=O)Nc2ccc(Cl)c(Cl)c2)cc1. The average molecular weight is 483 g/mol. The summed E-state index contributed by atoms with van der Waals surface area (Å²) in [5, 5.41) is 20.5. The highest BCUT2D eigenvalue weighted by Gasteiger charge is 2.50. The zero-order chi connectivity index (χ0) is 22.1. The molecule has 1 aliphatic rings. The smallest absolute Gasteiger partial charge is 0.306 e. The Bertz CT molecular complexity index is 999. The number of hydrogen-bond acceptors (Lipinski definition) is 5. The van der Waals surface area contributed by atoms with Crippen molar-refractivity contribution >= 4 is 69.4 Å². The fourth-order valence-corrected chi connectivity index (χ4v) is 4.96. The van der Waals surface area contributed by atoms with Gasteiger partial charge in [-0.05, 0) is 44.5 Å². The van der Waals surface area contributed by atoms with Gasteiger partial charge in [-0.25, -0.2) is 9.80 Å². The van der Waals surface area contributed by atoms with Crippen LogP contribution in [0.25, 0.3) is 0 Å². The number of halogens is 2. The van der Waals surface area contributed by atoms with Crippen LogP contribution in [0.4, 0.5) is 10.5 Å². The molecule has 1 aliphatic heterocycles. The van der Waals surface area contributed by atoms with Crippen LogP contribution in [-0.2, 0) is 0 Å². The molecule has 0 unspecified atom stereocenters. The van der Waals surface area contributed by atoms with Crippen molar-refractivity contribution in [1.82, 2.24) is 10.1 Å². The Kier molecular flexibility index (Phi) is 6.94. The molecule has 0 radical (unpaired) electrons. The van der Waals surface area contributed by atoms with Crippen molar-refractivity contribution in [3.8, 4) is 0 Å². The van der Waals surface area contributed by atoms with Gasteiger partial charge in [-0.15, -0.1) is 0 Å². The highest BCUT2D eigenvalue weighted by Crippen LogP contribution is 2.42. The number of rotatable bonds is 4. The molecule has 1 heterocycles. The van der Waals surface area contributed by atoms with E-state index in [1.54, 1.807) is 18.3 Å². The molecular formula is C20H20Cl2N4O2S2. The first-order chi connectivity index (χ1) is 14.1. The molecule has 1 saturated heterocycles. The molecule has 10 heteroatoms. The third-order valence-electron chi connectivity index (χ3n) is 4.41. The molecule has 30 heavy (non-hydrogen) atoms. The summed E-state index contributed by atoms with van der Waals surface area (Å²) >= 11 is 18.7. The number of thiocarbonyl (C=S) groups is 1. The van der Waals surface area contributed by atoms with Crippen LogP contribution < -0.4 is 5.32 Å². The largest absolute Gasteiger partial charge is 0.347 e. The van der Waals surface area contributed by atoms with E-state index >= 15 is 0 Å². The highest BCUT2D eigenvalue weighted by molar-refractivity contribution is 8.24. The maximum Gasteiger partial charge on any atom is 0.347 e. The fourth-order valence-electron chi connectivity index (χ4n) is 2.87. The number of hydroxylamine groups is 2. The fraction of sp³-hybridized carbons (Fsp3) is 0.250. The summed E-state index contributed by atoms with van der Waals surface area (Å²) in [7, 11) is 0. The van der Waals surface area contributed by atoms with Crippen LogP contribution in [-0.4, -0.2) is 42.8 Å². The first-order valence-corrected chi connectivity index (χ1v) is 10.9. The lowest BCUT2D eigenvalue weighted by molar-refractivity contribution is -0.114. The van der Waals surface area contributed by atoms with Crippen LogP contribution in [0.3, 0.4) is 0 Å². The van der Waals surface area contributed by atoms with E-state index in [1.807, 2.05) is 45.0 Å². The topological polar surface area (TPSA) is 68.2 Å². The molecule has 2 N–H and O–H groups in total. The second-order valence-corrected chi connectivity index (χ2v) is 10.4. The van der Waals surface area contributed by atoms with Gasteiger partial charge in [0.05, 0.1) is 21.0 Å². The standard InChI is InChI=1S/C20H20Cl2N4O2S2/c1-12-4-6-13(7-5-12)11-23-25-17(20(2,3)30-19(25)29)26(28)18(27)24-14-8-9-15(21)16(22)10-14/h4-11,17,28H,1-3H3,(H,24,27)/b23-11-/t17-/m0/s1. The number of nitrogens with zero attached hydrogens (tertiary/aromatic N) is 3. The van der Waals surface area contributed by atoms with E-state index in [-0.39, 0.29) is 0 Å². The van der Waals surface area contributed by atoms with Crippen LogP contribution in [0.2, 0.25) is 10.0 Å². The summed E-state index contributed by atoms with van der Waals surface area (Å²) in [6.07, 6.45) is 0.824. The van der Waals surface area contributed by atoms with Crippen molar-refractivity contribution in [1.29, 1.82) is 0 Å². The molecule has 3 rings (SSSR count). The molecular weight excluding hydrogens is 463 g/mol. The van der Waals surface area contributed by atoms with Crippen LogP contribution in [0.5, 0.6) is 0 Å². The Hall–Kier alpha value is -1.84. The third kappa shape index (κ3) is 5.07. The van der Waals surface area contributed by atoms with Gasteiger partial charge in [-0.2, -0.15) is 10.2 Å². The number of carbonyl (C=O) groups is 1. The second kappa shape index (κ2) is 9.11. The lowest BCUT2D eigenvalue weighted by Crippen LogP contribution is -2.54. The van der Waals surface area contributed by atoms with Crippen molar-refractivity contribution in [2.24, 2.45) is 5.10 Å². The van der Waals surface area contributed by atoms with Gasteiger partial charge in [-0.1, -0.05) is 77.0 Å².